The average Bonchev–Trinajstić information content (AvgIpc) is 2.78. The van der Waals surface area contributed by atoms with Gasteiger partial charge < -0.3 is 14.9 Å². The highest BCUT2D eigenvalue weighted by atomic mass is 32.2. The third-order valence-electron chi connectivity index (χ3n) is 5.90. The second kappa shape index (κ2) is 9.34. The van der Waals surface area contributed by atoms with Gasteiger partial charge in [-0.1, -0.05) is 18.2 Å². The van der Waals surface area contributed by atoms with E-state index in [-0.39, 0.29) is 22.2 Å². The first-order valence-corrected chi connectivity index (χ1v) is 12.4. The lowest BCUT2D eigenvalue weighted by Crippen LogP contribution is -2.52. The number of aromatic carboxylic acids is 1. The lowest BCUT2D eigenvalue weighted by atomic mass is 10.1. The molecule has 0 aromatic heterocycles. The van der Waals surface area contributed by atoms with Crippen LogP contribution in [0.3, 0.4) is 0 Å². The molecule has 178 valence electrons. The highest BCUT2D eigenvalue weighted by molar-refractivity contribution is 7.92. The number of benzene rings is 3. The second-order valence-electron chi connectivity index (χ2n) is 8.43. The van der Waals surface area contributed by atoms with Gasteiger partial charge in [-0.3, -0.25) is 4.72 Å². The molecule has 1 atom stereocenters. The Morgan fingerprint density at radius 3 is 2.50 bits per heavy atom. The molecule has 3 aromatic carbocycles. The predicted molar refractivity (Wildman–Crippen MR) is 131 cm³/mol. The van der Waals surface area contributed by atoms with Crippen LogP contribution in [0.1, 0.15) is 22.8 Å². The van der Waals surface area contributed by atoms with Gasteiger partial charge in [0.25, 0.3) is 10.0 Å². The van der Waals surface area contributed by atoms with Crippen LogP contribution in [0.25, 0.3) is 0 Å². The summed E-state index contributed by atoms with van der Waals surface area (Å²) in [6.45, 7) is 6.07. The van der Waals surface area contributed by atoms with Crippen LogP contribution in [-0.4, -0.2) is 45.2 Å². The molecule has 3 aromatic rings. The summed E-state index contributed by atoms with van der Waals surface area (Å²) in [7, 11) is -4.13. The number of hydrogen-bond donors (Lipinski definition) is 2. The number of nitrogens with one attached hydrogen (secondary N) is 1. The first-order valence-electron chi connectivity index (χ1n) is 10.9. The molecule has 1 saturated heterocycles. The predicted octanol–water partition coefficient (Wildman–Crippen LogP) is 4.35. The Labute approximate surface area is 198 Å². The summed E-state index contributed by atoms with van der Waals surface area (Å²) >= 11 is 0. The minimum absolute atomic E-state index is 0.0489. The monoisotopic (exact) mass is 483 g/mol. The van der Waals surface area contributed by atoms with Crippen LogP contribution in [-0.2, 0) is 10.0 Å². The molecular weight excluding hydrogens is 457 g/mol. The summed E-state index contributed by atoms with van der Waals surface area (Å²) in [4.78, 5) is 15.6. The van der Waals surface area contributed by atoms with Crippen LogP contribution >= 0.6 is 0 Å². The van der Waals surface area contributed by atoms with Crippen molar-refractivity contribution < 1.29 is 22.7 Å². The zero-order valence-corrected chi connectivity index (χ0v) is 19.7. The van der Waals surface area contributed by atoms with Gasteiger partial charge in [-0.05, 0) is 67.9 Å². The number of halogens is 1. The van der Waals surface area contributed by atoms with Gasteiger partial charge in [0.2, 0.25) is 0 Å². The van der Waals surface area contributed by atoms with Crippen molar-refractivity contribution in [3.8, 4) is 0 Å². The fraction of sp³-hybridized carbons (Fsp3) is 0.240. The molecular formula is C25H26FN3O4S. The maximum Gasteiger partial charge on any atom is 0.335 e. The SMILES string of the molecule is Cc1cccc(N2CCN(c3ccc(C(=O)O)cc3NS(=O)(=O)c3cccc(F)c3)CC2C)c1. The normalized spacial score (nSPS) is 16.4. The van der Waals surface area contributed by atoms with E-state index in [0.29, 0.717) is 25.3 Å². The first-order chi connectivity index (χ1) is 16.1. The van der Waals surface area contributed by atoms with E-state index >= 15 is 0 Å². The van der Waals surface area contributed by atoms with E-state index in [2.05, 4.69) is 28.7 Å². The van der Waals surface area contributed by atoms with Crippen molar-refractivity contribution >= 4 is 33.1 Å². The molecule has 1 heterocycles. The quantitative estimate of drug-likeness (QED) is 0.542. The standard InChI is InChI=1S/C25H26FN3O4S/c1-17-5-3-7-21(13-17)29-12-11-28(16-18(29)2)24-10-9-19(25(30)31)14-23(24)27-34(32,33)22-8-4-6-20(26)15-22/h3-10,13-15,18,27H,11-12,16H2,1-2H3,(H,30,31). The van der Waals surface area contributed by atoms with E-state index in [9.17, 15) is 22.7 Å². The van der Waals surface area contributed by atoms with E-state index in [4.69, 9.17) is 0 Å². The van der Waals surface area contributed by atoms with Crippen molar-refractivity contribution in [1.29, 1.82) is 0 Å². The van der Waals surface area contributed by atoms with E-state index in [0.717, 1.165) is 17.8 Å². The highest BCUT2D eigenvalue weighted by Gasteiger charge is 2.27. The van der Waals surface area contributed by atoms with Gasteiger partial charge in [0, 0.05) is 31.4 Å². The van der Waals surface area contributed by atoms with E-state index < -0.39 is 21.8 Å². The summed E-state index contributed by atoms with van der Waals surface area (Å²) in [5.74, 6) is -1.85. The number of carboxylic acids is 1. The molecule has 1 unspecified atom stereocenters. The van der Waals surface area contributed by atoms with E-state index in [1.54, 1.807) is 6.07 Å². The van der Waals surface area contributed by atoms with Gasteiger partial charge in [0.1, 0.15) is 5.82 Å². The van der Waals surface area contributed by atoms with Gasteiger partial charge in [-0.2, -0.15) is 0 Å². The van der Waals surface area contributed by atoms with Crippen LogP contribution in [0.2, 0.25) is 0 Å². The largest absolute Gasteiger partial charge is 0.478 e. The van der Waals surface area contributed by atoms with Gasteiger partial charge >= 0.3 is 5.97 Å². The summed E-state index contributed by atoms with van der Waals surface area (Å²) in [6, 6.07) is 17.4. The van der Waals surface area contributed by atoms with E-state index in [1.807, 2.05) is 24.0 Å². The minimum atomic E-state index is -4.13. The Morgan fingerprint density at radius 1 is 1.06 bits per heavy atom. The molecule has 34 heavy (non-hydrogen) atoms. The zero-order valence-electron chi connectivity index (χ0n) is 18.9. The molecule has 1 aliphatic rings. The van der Waals surface area contributed by atoms with Crippen LogP contribution in [0.4, 0.5) is 21.5 Å². The molecule has 1 aliphatic heterocycles. The summed E-state index contributed by atoms with van der Waals surface area (Å²) in [5.41, 5.74) is 2.96. The summed E-state index contributed by atoms with van der Waals surface area (Å²) in [5, 5.41) is 9.44. The van der Waals surface area contributed by atoms with Crippen molar-refractivity contribution in [1.82, 2.24) is 0 Å². The average molecular weight is 484 g/mol. The van der Waals surface area contributed by atoms with Crippen molar-refractivity contribution in [3.63, 3.8) is 0 Å². The molecule has 1 fully saturated rings. The fourth-order valence-electron chi connectivity index (χ4n) is 4.23. The Kier molecular flexibility index (Phi) is 6.47. The van der Waals surface area contributed by atoms with Crippen molar-refractivity contribution in [2.75, 3.05) is 34.2 Å². The number of rotatable bonds is 6. The van der Waals surface area contributed by atoms with Crippen LogP contribution < -0.4 is 14.5 Å². The topological polar surface area (TPSA) is 89.9 Å². The molecule has 0 radical (unpaired) electrons. The number of carbonyl (C=O) groups is 1. The molecule has 0 aliphatic carbocycles. The Morgan fingerprint density at radius 2 is 1.82 bits per heavy atom. The summed E-state index contributed by atoms with van der Waals surface area (Å²) < 4.78 is 42.0. The molecule has 9 heteroatoms. The van der Waals surface area contributed by atoms with Crippen LogP contribution in [0, 0.1) is 12.7 Å². The maximum absolute atomic E-state index is 13.6. The Balaban J connectivity index is 1.64. The lowest BCUT2D eigenvalue weighted by molar-refractivity contribution is 0.0697. The van der Waals surface area contributed by atoms with Crippen molar-refractivity contribution in [2.45, 2.75) is 24.8 Å². The van der Waals surface area contributed by atoms with Crippen molar-refractivity contribution in [2.24, 2.45) is 0 Å². The fourth-order valence-corrected chi connectivity index (χ4v) is 5.33. The minimum Gasteiger partial charge on any atom is -0.478 e. The third-order valence-corrected chi connectivity index (χ3v) is 7.26. The Bertz CT molecular complexity index is 1330. The smallest absolute Gasteiger partial charge is 0.335 e. The lowest BCUT2D eigenvalue weighted by Gasteiger charge is -2.43. The van der Waals surface area contributed by atoms with Crippen LogP contribution in [0.15, 0.2) is 71.6 Å². The molecule has 0 spiro atoms. The van der Waals surface area contributed by atoms with Crippen molar-refractivity contribution in [3.05, 3.63) is 83.7 Å². The molecule has 2 N–H and O–H groups in total. The molecule has 0 bridgehead atoms. The summed E-state index contributed by atoms with van der Waals surface area (Å²) in [6.07, 6.45) is 0. The maximum atomic E-state index is 13.6. The third kappa shape index (κ3) is 4.99. The highest BCUT2D eigenvalue weighted by Crippen LogP contribution is 2.32. The molecule has 0 amide bonds. The first kappa shape index (κ1) is 23.6. The number of piperazine rings is 1. The molecule has 4 rings (SSSR count). The zero-order chi connectivity index (χ0) is 24.5. The van der Waals surface area contributed by atoms with Gasteiger partial charge in [0.15, 0.2) is 0 Å². The van der Waals surface area contributed by atoms with Crippen LogP contribution in [0.5, 0.6) is 0 Å². The van der Waals surface area contributed by atoms with E-state index in [1.165, 1.54) is 29.8 Å². The molecule has 0 saturated carbocycles. The number of anilines is 3. The number of nitrogens with zero attached hydrogens (tertiary/aromatic N) is 2. The Hall–Kier alpha value is -3.59. The number of hydrogen-bond acceptors (Lipinski definition) is 5. The van der Waals surface area contributed by atoms with Gasteiger partial charge in [-0.15, -0.1) is 0 Å². The number of aryl methyl sites for hydroxylation is 1. The second-order valence-corrected chi connectivity index (χ2v) is 10.1. The number of carboxylic acid groups (broad SMARTS) is 1. The molecule has 7 nitrogen and oxygen atoms in total. The van der Waals surface area contributed by atoms with Gasteiger partial charge in [0.05, 0.1) is 21.8 Å². The number of sulfonamides is 1. The van der Waals surface area contributed by atoms with Gasteiger partial charge in [-0.25, -0.2) is 17.6 Å².